The Morgan fingerprint density at radius 2 is 1.81 bits per heavy atom. The first kappa shape index (κ1) is 19.1. The lowest BCUT2D eigenvalue weighted by atomic mass is 9.95. The molecule has 0 spiro atoms. The minimum absolute atomic E-state index is 0. The van der Waals surface area contributed by atoms with Gasteiger partial charge in [-0.05, 0) is 23.3 Å². The number of hydrogen-bond donors (Lipinski definition) is 2. The Bertz CT molecular complexity index is 835. The van der Waals surface area contributed by atoms with Crippen molar-refractivity contribution in [3.8, 4) is 11.3 Å². The highest BCUT2D eigenvalue weighted by Gasteiger charge is 2.31. The van der Waals surface area contributed by atoms with E-state index in [1.165, 1.54) is 5.56 Å². The highest BCUT2D eigenvalue weighted by atomic mass is 79.9. The Morgan fingerprint density at radius 1 is 1.08 bits per heavy atom. The van der Waals surface area contributed by atoms with E-state index in [1.54, 1.807) is 0 Å². The third kappa shape index (κ3) is 4.18. The van der Waals surface area contributed by atoms with Gasteiger partial charge in [0.2, 0.25) is 0 Å². The molecule has 3 aromatic rings. The van der Waals surface area contributed by atoms with E-state index in [1.807, 2.05) is 24.4 Å². The molecular formula is C20H22BrClN4. The van der Waals surface area contributed by atoms with Gasteiger partial charge in [-0.2, -0.15) is 0 Å². The lowest BCUT2D eigenvalue weighted by molar-refractivity contribution is 0.316. The number of likely N-dealkylation sites (tertiary alicyclic amines) is 1. The van der Waals surface area contributed by atoms with Gasteiger partial charge >= 0.3 is 0 Å². The van der Waals surface area contributed by atoms with E-state index >= 15 is 0 Å². The molecule has 0 aliphatic carbocycles. The Labute approximate surface area is 168 Å². The predicted molar refractivity (Wildman–Crippen MR) is 111 cm³/mol. The number of imidazole rings is 1. The zero-order valence-corrected chi connectivity index (χ0v) is 16.7. The summed E-state index contributed by atoms with van der Waals surface area (Å²) in [5, 5.41) is 0. The number of aromatic amines is 1. The maximum atomic E-state index is 6.39. The van der Waals surface area contributed by atoms with Gasteiger partial charge in [-0.3, -0.25) is 4.90 Å². The van der Waals surface area contributed by atoms with Gasteiger partial charge in [0.15, 0.2) is 0 Å². The van der Waals surface area contributed by atoms with Crippen molar-refractivity contribution >= 4 is 28.3 Å². The molecule has 6 heteroatoms. The van der Waals surface area contributed by atoms with Crippen molar-refractivity contribution in [1.82, 2.24) is 14.9 Å². The smallest absolute Gasteiger partial charge is 0.120 e. The number of hydrogen-bond acceptors (Lipinski definition) is 3. The molecule has 1 aliphatic heterocycles. The second kappa shape index (κ2) is 8.35. The molecule has 136 valence electrons. The van der Waals surface area contributed by atoms with Crippen molar-refractivity contribution in [3.05, 3.63) is 76.7 Å². The minimum atomic E-state index is 0. The van der Waals surface area contributed by atoms with Crippen molar-refractivity contribution in [2.45, 2.75) is 18.5 Å². The van der Waals surface area contributed by atoms with E-state index in [0.29, 0.717) is 5.92 Å². The average Bonchev–Trinajstić information content (AvgIpc) is 3.23. The first-order chi connectivity index (χ1) is 12.2. The average molecular weight is 434 g/mol. The van der Waals surface area contributed by atoms with E-state index in [0.717, 1.165) is 41.2 Å². The summed E-state index contributed by atoms with van der Waals surface area (Å²) in [5.74, 6) is 1.38. The van der Waals surface area contributed by atoms with E-state index in [4.69, 9.17) is 5.73 Å². The number of benzene rings is 2. The fourth-order valence-corrected chi connectivity index (χ4v) is 3.79. The molecule has 0 saturated carbocycles. The summed E-state index contributed by atoms with van der Waals surface area (Å²) in [6.07, 6.45) is 1.91. The molecule has 1 aromatic heterocycles. The number of nitrogens with zero attached hydrogens (tertiary/aromatic N) is 2. The fraction of sp³-hybridized carbons (Fsp3) is 0.250. The third-order valence-electron chi connectivity index (χ3n) is 4.83. The number of rotatable bonds is 4. The SMILES string of the molecule is Cl.N[C@@H]1CN(Cc2ncc(-c3ccc(Br)cc3)[nH]2)C[C@H]1c1ccccc1. The summed E-state index contributed by atoms with van der Waals surface area (Å²) in [4.78, 5) is 10.4. The van der Waals surface area contributed by atoms with Crippen molar-refractivity contribution in [3.63, 3.8) is 0 Å². The van der Waals surface area contributed by atoms with Gasteiger partial charge < -0.3 is 10.7 Å². The van der Waals surface area contributed by atoms with Crippen LogP contribution in [0.15, 0.2) is 65.3 Å². The molecule has 1 saturated heterocycles. The molecule has 0 unspecified atom stereocenters. The first-order valence-corrected chi connectivity index (χ1v) is 9.31. The number of nitrogens with one attached hydrogen (secondary N) is 1. The highest BCUT2D eigenvalue weighted by Crippen LogP contribution is 2.27. The molecule has 4 rings (SSSR count). The van der Waals surface area contributed by atoms with E-state index < -0.39 is 0 Å². The minimum Gasteiger partial charge on any atom is -0.341 e. The van der Waals surface area contributed by atoms with Crippen LogP contribution in [0.4, 0.5) is 0 Å². The molecule has 2 aromatic carbocycles. The number of H-pyrrole nitrogens is 1. The Balaban J connectivity index is 0.00000196. The second-order valence-corrected chi connectivity index (χ2v) is 7.54. The Kier molecular flexibility index (Phi) is 6.14. The van der Waals surface area contributed by atoms with Crippen LogP contribution in [0.1, 0.15) is 17.3 Å². The van der Waals surface area contributed by atoms with Crippen molar-refractivity contribution < 1.29 is 0 Å². The van der Waals surface area contributed by atoms with E-state index in [9.17, 15) is 0 Å². The zero-order chi connectivity index (χ0) is 17.2. The van der Waals surface area contributed by atoms with Crippen LogP contribution in [0.25, 0.3) is 11.3 Å². The Hall–Kier alpha value is -1.66. The van der Waals surface area contributed by atoms with E-state index in [-0.39, 0.29) is 18.4 Å². The van der Waals surface area contributed by atoms with Crippen LogP contribution in [-0.2, 0) is 6.54 Å². The van der Waals surface area contributed by atoms with Gasteiger partial charge in [0.05, 0.1) is 18.4 Å². The van der Waals surface area contributed by atoms with Crippen LogP contribution in [0.5, 0.6) is 0 Å². The van der Waals surface area contributed by atoms with Gasteiger partial charge in [-0.15, -0.1) is 12.4 Å². The molecule has 4 nitrogen and oxygen atoms in total. The standard InChI is InChI=1S/C20H21BrN4.ClH/c21-16-8-6-15(7-9-16)19-10-23-20(24-19)13-25-11-17(18(22)12-25)14-4-2-1-3-5-14;/h1-10,17-18H,11-13,22H2,(H,23,24);1H/t17-,18+;/m0./s1. The van der Waals surface area contributed by atoms with Gasteiger partial charge in [0.1, 0.15) is 5.82 Å². The van der Waals surface area contributed by atoms with Gasteiger partial charge in [-0.1, -0.05) is 58.4 Å². The van der Waals surface area contributed by atoms with Crippen LogP contribution < -0.4 is 5.73 Å². The molecule has 0 radical (unpaired) electrons. The first-order valence-electron chi connectivity index (χ1n) is 8.52. The van der Waals surface area contributed by atoms with Crippen LogP contribution in [0.2, 0.25) is 0 Å². The molecule has 3 N–H and O–H groups in total. The van der Waals surface area contributed by atoms with Crippen molar-refractivity contribution in [2.75, 3.05) is 13.1 Å². The van der Waals surface area contributed by atoms with E-state index in [2.05, 4.69) is 67.2 Å². The fourth-order valence-electron chi connectivity index (χ4n) is 3.53. The third-order valence-corrected chi connectivity index (χ3v) is 5.35. The summed E-state index contributed by atoms with van der Waals surface area (Å²) in [6.45, 7) is 2.67. The lowest BCUT2D eigenvalue weighted by Gasteiger charge is -2.15. The van der Waals surface area contributed by atoms with Crippen LogP contribution in [-0.4, -0.2) is 34.0 Å². The molecule has 1 fully saturated rings. The number of halogens is 2. The number of aromatic nitrogens is 2. The molecule has 26 heavy (non-hydrogen) atoms. The zero-order valence-electron chi connectivity index (χ0n) is 14.3. The highest BCUT2D eigenvalue weighted by molar-refractivity contribution is 9.10. The normalized spacial score (nSPS) is 20.1. The molecule has 1 aliphatic rings. The molecule has 2 atom stereocenters. The lowest BCUT2D eigenvalue weighted by Crippen LogP contribution is -2.28. The van der Waals surface area contributed by atoms with Crippen molar-refractivity contribution in [1.29, 1.82) is 0 Å². The van der Waals surface area contributed by atoms with Gasteiger partial charge in [-0.25, -0.2) is 4.98 Å². The number of nitrogens with two attached hydrogens (primary N) is 1. The van der Waals surface area contributed by atoms with Gasteiger partial charge in [0, 0.05) is 29.5 Å². The summed E-state index contributed by atoms with van der Waals surface area (Å²) in [6, 6.07) is 19.0. The van der Waals surface area contributed by atoms with Crippen molar-refractivity contribution in [2.24, 2.45) is 5.73 Å². The molecule has 0 amide bonds. The molecule has 0 bridgehead atoms. The maximum Gasteiger partial charge on any atom is 0.120 e. The topological polar surface area (TPSA) is 57.9 Å². The molecular weight excluding hydrogens is 412 g/mol. The largest absolute Gasteiger partial charge is 0.341 e. The molecule has 2 heterocycles. The van der Waals surface area contributed by atoms with Gasteiger partial charge in [0.25, 0.3) is 0 Å². The Morgan fingerprint density at radius 3 is 2.54 bits per heavy atom. The van der Waals surface area contributed by atoms with Crippen LogP contribution >= 0.6 is 28.3 Å². The summed E-state index contributed by atoms with van der Waals surface area (Å²) in [5.41, 5.74) is 9.90. The maximum absolute atomic E-state index is 6.39. The predicted octanol–water partition coefficient (Wildman–Crippen LogP) is 4.19. The second-order valence-electron chi connectivity index (χ2n) is 6.63. The van der Waals surface area contributed by atoms with Crippen LogP contribution in [0.3, 0.4) is 0 Å². The summed E-state index contributed by atoms with van der Waals surface area (Å²) in [7, 11) is 0. The summed E-state index contributed by atoms with van der Waals surface area (Å²) >= 11 is 3.47. The van der Waals surface area contributed by atoms with Crippen LogP contribution in [0, 0.1) is 0 Å². The summed E-state index contributed by atoms with van der Waals surface area (Å²) < 4.78 is 1.08. The quantitative estimate of drug-likeness (QED) is 0.649. The monoisotopic (exact) mass is 432 g/mol.